The number of aromatic nitrogens is 5. The van der Waals surface area contributed by atoms with E-state index in [9.17, 15) is 0 Å². The van der Waals surface area contributed by atoms with E-state index in [1.54, 1.807) is 10.9 Å². The first-order valence-electron chi connectivity index (χ1n) is 6.41. The Morgan fingerprint density at radius 3 is 2.80 bits per heavy atom. The molecule has 0 aliphatic carbocycles. The van der Waals surface area contributed by atoms with Crippen LogP contribution in [0.25, 0.3) is 17.1 Å². The molecule has 3 rings (SSSR count). The van der Waals surface area contributed by atoms with Crippen molar-refractivity contribution >= 4 is 5.82 Å². The van der Waals surface area contributed by atoms with Gasteiger partial charge < -0.3 is 5.32 Å². The molecule has 1 aromatic carbocycles. The van der Waals surface area contributed by atoms with E-state index in [2.05, 4.69) is 25.6 Å². The molecule has 6 heteroatoms. The monoisotopic (exact) mass is 266 g/mol. The molecule has 0 amide bonds. The zero-order chi connectivity index (χ0) is 13.8. The molecule has 6 nitrogen and oxygen atoms in total. The van der Waals surface area contributed by atoms with Crippen LogP contribution in [0, 0.1) is 0 Å². The van der Waals surface area contributed by atoms with E-state index in [0.29, 0.717) is 0 Å². The number of nitrogens with zero attached hydrogens (tertiary/aromatic N) is 5. The summed E-state index contributed by atoms with van der Waals surface area (Å²) in [6, 6.07) is 11.7. The zero-order valence-corrected chi connectivity index (χ0v) is 11.1. The van der Waals surface area contributed by atoms with Crippen LogP contribution in [-0.2, 0) is 0 Å². The van der Waals surface area contributed by atoms with Crippen LogP contribution in [0.2, 0.25) is 0 Å². The Kier molecular flexibility index (Phi) is 3.36. The van der Waals surface area contributed by atoms with Gasteiger partial charge in [0.15, 0.2) is 0 Å². The summed E-state index contributed by atoms with van der Waals surface area (Å²) in [4.78, 5) is 8.47. The van der Waals surface area contributed by atoms with Crippen LogP contribution in [0.4, 0.5) is 5.82 Å². The molecule has 0 atom stereocenters. The maximum atomic E-state index is 4.30. The third-order valence-electron chi connectivity index (χ3n) is 2.84. The quantitative estimate of drug-likeness (QED) is 0.783. The summed E-state index contributed by atoms with van der Waals surface area (Å²) in [5.74, 6) is 0.790. The molecule has 0 fully saturated rings. The van der Waals surface area contributed by atoms with Crippen molar-refractivity contribution in [2.24, 2.45) is 0 Å². The Balaban J connectivity index is 2.04. The van der Waals surface area contributed by atoms with Crippen LogP contribution >= 0.6 is 0 Å². The minimum absolute atomic E-state index is 0.782. The van der Waals surface area contributed by atoms with Crippen molar-refractivity contribution in [3.8, 4) is 17.1 Å². The second-order valence-electron chi connectivity index (χ2n) is 4.19. The van der Waals surface area contributed by atoms with Gasteiger partial charge in [-0.25, -0.2) is 14.6 Å². The molecule has 3 aromatic rings. The molecular formula is C14H14N6. The summed E-state index contributed by atoms with van der Waals surface area (Å²) in [6.07, 6.45) is 3.24. The standard InChI is InChI=1S/C14H14N6/c1-2-15-14-8-12(16-10-17-14)13-9-18-19-20(13)11-6-4-3-5-7-11/h3-10H,2H2,1H3,(H,15,16,17). The van der Waals surface area contributed by atoms with Crippen LogP contribution in [-0.4, -0.2) is 31.5 Å². The van der Waals surface area contributed by atoms with Gasteiger partial charge in [-0.3, -0.25) is 0 Å². The van der Waals surface area contributed by atoms with Gasteiger partial charge in [0, 0.05) is 12.6 Å². The Labute approximate surface area is 116 Å². The van der Waals surface area contributed by atoms with Gasteiger partial charge in [0.2, 0.25) is 0 Å². The summed E-state index contributed by atoms with van der Waals surface area (Å²) in [6.45, 7) is 2.84. The molecule has 2 aromatic heterocycles. The maximum absolute atomic E-state index is 4.30. The summed E-state index contributed by atoms with van der Waals surface area (Å²) >= 11 is 0. The third kappa shape index (κ3) is 2.35. The Morgan fingerprint density at radius 2 is 2.00 bits per heavy atom. The lowest BCUT2D eigenvalue weighted by molar-refractivity contribution is 0.806. The van der Waals surface area contributed by atoms with Gasteiger partial charge in [0.05, 0.1) is 17.6 Å². The predicted molar refractivity (Wildman–Crippen MR) is 76.5 cm³/mol. The Morgan fingerprint density at radius 1 is 1.15 bits per heavy atom. The van der Waals surface area contributed by atoms with E-state index in [1.807, 2.05) is 43.3 Å². The SMILES string of the molecule is CCNc1cc(-c2cnnn2-c2ccccc2)ncn1. The lowest BCUT2D eigenvalue weighted by Crippen LogP contribution is -2.03. The normalized spacial score (nSPS) is 10.4. The molecule has 1 N–H and O–H groups in total. The van der Waals surface area contributed by atoms with Crippen molar-refractivity contribution in [1.29, 1.82) is 0 Å². The van der Waals surface area contributed by atoms with Crippen molar-refractivity contribution in [2.45, 2.75) is 6.92 Å². The van der Waals surface area contributed by atoms with Crippen molar-refractivity contribution in [1.82, 2.24) is 25.0 Å². The van der Waals surface area contributed by atoms with Crippen LogP contribution in [0.5, 0.6) is 0 Å². The molecule has 0 aliphatic rings. The Bertz CT molecular complexity index is 692. The number of hydrogen-bond donors (Lipinski definition) is 1. The van der Waals surface area contributed by atoms with Gasteiger partial charge in [-0.1, -0.05) is 23.4 Å². The highest BCUT2D eigenvalue weighted by Crippen LogP contribution is 2.20. The maximum Gasteiger partial charge on any atom is 0.130 e. The van der Waals surface area contributed by atoms with Gasteiger partial charge in [-0.05, 0) is 19.1 Å². The van der Waals surface area contributed by atoms with Crippen LogP contribution in [0.1, 0.15) is 6.92 Å². The lowest BCUT2D eigenvalue weighted by Gasteiger charge is -2.07. The first-order valence-corrected chi connectivity index (χ1v) is 6.41. The fourth-order valence-corrected chi connectivity index (χ4v) is 1.94. The van der Waals surface area contributed by atoms with Crippen LogP contribution in [0.15, 0.2) is 48.9 Å². The van der Waals surface area contributed by atoms with Crippen molar-refractivity contribution in [3.05, 3.63) is 48.9 Å². The molecule has 0 radical (unpaired) electrons. The zero-order valence-electron chi connectivity index (χ0n) is 11.1. The van der Waals surface area contributed by atoms with Crippen molar-refractivity contribution in [3.63, 3.8) is 0 Å². The van der Waals surface area contributed by atoms with Gasteiger partial charge >= 0.3 is 0 Å². The minimum Gasteiger partial charge on any atom is -0.370 e. The molecule has 100 valence electrons. The van der Waals surface area contributed by atoms with Crippen molar-refractivity contribution < 1.29 is 0 Å². The van der Waals surface area contributed by atoms with Gasteiger partial charge in [-0.2, -0.15) is 0 Å². The third-order valence-corrected chi connectivity index (χ3v) is 2.84. The first-order chi connectivity index (χ1) is 9.88. The number of rotatable bonds is 4. The summed E-state index contributed by atoms with van der Waals surface area (Å²) in [7, 11) is 0. The summed E-state index contributed by atoms with van der Waals surface area (Å²) in [5.41, 5.74) is 2.56. The fourth-order valence-electron chi connectivity index (χ4n) is 1.94. The highest BCUT2D eigenvalue weighted by molar-refractivity contribution is 5.59. The number of nitrogens with one attached hydrogen (secondary N) is 1. The van der Waals surface area contributed by atoms with E-state index in [0.717, 1.165) is 29.4 Å². The van der Waals surface area contributed by atoms with E-state index < -0.39 is 0 Å². The topological polar surface area (TPSA) is 68.5 Å². The molecular weight excluding hydrogens is 252 g/mol. The number of hydrogen-bond acceptors (Lipinski definition) is 5. The predicted octanol–water partition coefficient (Wildman–Crippen LogP) is 2.16. The molecule has 0 bridgehead atoms. The molecule has 0 aliphatic heterocycles. The summed E-state index contributed by atoms with van der Waals surface area (Å²) < 4.78 is 1.76. The lowest BCUT2D eigenvalue weighted by atomic mass is 10.2. The highest BCUT2D eigenvalue weighted by atomic mass is 15.4. The van der Waals surface area contributed by atoms with Crippen LogP contribution < -0.4 is 5.32 Å². The molecule has 2 heterocycles. The molecule has 0 spiro atoms. The van der Waals surface area contributed by atoms with E-state index in [-0.39, 0.29) is 0 Å². The molecule has 20 heavy (non-hydrogen) atoms. The summed E-state index contributed by atoms with van der Waals surface area (Å²) in [5, 5.41) is 11.3. The smallest absolute Gasteiger partial charge is 0.130 e. The fraction of sp³-hybridized carbons (Fsp3) is 0.143. The second-order valence-corrected chi connectivity index (χ2v) is 4.19. The number of anilines is 1. The Hall–Kier alpha value is -2.76. The number of para-hydroxylation sites is 1. The second kappa shape index (κ2) is 5.48. The van der Waals surface area contributed by atoms with Crippen molar-refractivity contribution in [2.75, 3.05) is 11.9 Å². The number of benzene rings is 1. The van der Waals surface area contributed by atoms with E-state index >= 15 is 0 Å². The molecule has 0 saturated carbocycles. The average Bonchev–Trinajstić information content (AvgIpc) is 2.98. The molecule has 0 unspecified atom stereocenters. The molecule has 0 saturated heterocycles. The first kappa shape index (κ1) is 12.3. The minimum atomic E-state index is 0.782. The average molecular weight is 266 g/mol. The van der Waals surface area contributed by atoms with E-state index in [1.165, 1.54) is 6.33 Å². The van der Waals surface area contributed by atoms with E-state index in [4.69, 9.17) is 0 Å². The van der Waals surface area contributed by atoms with Gasteiger partial charge in [0.25, 0.3) is 0 Å². The highest BCUT2D eigenvalue weighted by Gasteiger charge is 2.10. The van der Waals surface area contributed by atoms with Crippen LogP contribution in [0.3, 0.4) is 0 Å². The van der Waals surface area contributed by atoms with Gasteiger partial charge in [0.1, 0.15) is 17.8 Å². The largest absolute Gasteiger partial charge is 0.370 e. The van der Waals surface area contributed by atoms with Gasteiger partial charge in [-0.15, -0.1) is 5.10 Å².